The monoisotopic (exact) mass is 379 g/mol. The van der Waals surface area contributed by atoms with E-state index in [1.807, 2.05) is 68.6 Å². The number of methoxy groups -OCH3 is 1. The van der Waals surface area contributed by atoms with Crippen LogP contribution in [0.1, 0.15) is 23.7 Å². The predicted molar refractivity (Wildman–Crippen MR) is 109 cm³/mol. The van der Waals surface area contributed by atoms with Crippen molar-refractivity contribution in [3.8, 4) is 11.5 Å². The van der Waals surface area contributed by atoms with Crippen LogP contribution >= 0.6 is 0 Å². The summed E-state index contributed by atoms with van der Waals surface area (Å²) >= 11 is 0. The van der Waals surface area contributed by atoms with Gasteiger partial charge in [-0.05, 0) is 25.5 Å². The molecule has 0 fully saturated rings. The Bertz CT molecular complexity index is 935. The fraction of sp³-hybridized carbons (Fsp3) is 0.273. The maximum Gasteiger partial charge on any atom is 0.229 e. The van der Waals surface area contributed by atoms with Crippen molar-refractivity contribution in [2.24, 2.45) is 0 Å². The highest BCUT2D eigenvalue weighted by Crippen LogP contribution is 2.26. The van der Waals surface area contributed by atoms with Crippen molar-refractivity contribution >= 4 is 11.6 Å². The molecule has 1 aromatic heterocycles. The molecule has 0 saturated heterocycles. The number of hydrogen-bond acceptors (Lipinski definition) is 4. The van der Waals surface area contributed by atoms with Crippen LogP contribution in [0.3, 0.4) is 0 Å². The van der Waals surface area contributed by atoms with E-state index in [1.165, 1.54) is 0 Å². The van der Waals surface area contributed by atoms with Crippen LogP contribution in [0.5, 0.6) is 11.5 Å². The van der Waals surface area contributed by atoms with Crippen molar-refractivity contribution in [3.63, 3.8) is 0 Å². The number of carbonyl (C=O) groups is 1. The molecule has 1 heterocycles. The molecule has 0 spiro atoms. The molecule has 1 amide bonds. The van der Waals surface area contributed by atoms with E-state index in [2.05, 4.69) is 10.4 Å². The van der Waals surface area contributed by atoms with Crippen LogP contribution in [0.2, 0.25) is 0 Å². The van der Waals surface area contributed by atoms with E-state index in [0.29, 0.717) is 18.1 Å². The number of rotatable bonds is 8. The maximum absolute atomic E-state index is 12.5. The molecule has 1 N–H and O–H groups in total. The van der Waals surface area contributed by atoms with Crippen molar-refractivity contribution < 1.29 is 14.3 Å². The molecule has 6 heteroatoms. The van der Waals surface area contributed by atoms with Gasteiger partial charge in [0.05, 0.1) is 24.9 Å². The summed E-state index contributed by atoms with van der Waals surface area (Å²) in [7, 11) is 1.59. The van der Waals surface area contributed by atoms with Crippen LogP contribution in [-0.2, 0) is 24.4 Å². The molecule has 0 radical (unpaired) electrons. The number of benzene rings is 2. The third kappa shape index (κ3) is 4.91. The largest absolute Gasteiger partial charge is 0.496 e. The lowest BCUT2D eigenvalue weighted by Crippen LogP contribution is -2.15. The smallest absolute Gasteiger partial charge is 0.229 e. The Kier molecular flexibility index (Phi) is 6.32. The lowest BCUT2D eigenvalue weighted by atomic mass is 10.1. The molecule has 0 aliphatic carbocycles. The fourth-order valence-electron chi connectivity index (χ4n) is 2.87. The van der Waals surface area contributed by atoms with Crippen molar-refractivity contribution in [3.05, 3.63) is 71.5 Å². The average molecular weight is 379 g/mol. The molecule has 6 nitrogen and oxygen atoms in total. The number of aromatic nitrogens is 2. The Morgan fingerprint density at radius 2 is 1.96 bits per heavy atom. The fourth-order valence-corrected chi connectivity index (χ4v) is 2.87. The van der Waals surface area contributed by atoms with Crippen LogP contribution in [-0.4, -0.2) is 22.8 Å². The third-order valence-corrected chi connectivity index (χ3v) is 4.40. The first-order valence-electron chi connectivity index (χ1n) is 9.26. The first-order valence-corrected chi connectivity index (χ1v) is 9.26. The number of amides is 1. The maximum atomic E-state index is 12.5. The summed E-state index contributed by atoms with van der Waals surface area (Å²) < 4.78 is 13.1. The zero-order valence-electron chi connectivity index (χ0n) is 16.4. The molecule has 0 atom stereocenters. The zero-order chi connectivity index (χ0) is 19.9. The highest BCUT2D eigenvalue weighted by Gasteiger charge is 2.13. The second-order valence-corrected chi connectivity index (χ2v) is 6.46. The summed E-state index contributed by atoms with van der Waals surface area (Å²) in [5.41, 5.74) is 3.42. The van der Waals surface area contributed by atoms with Gasteiger partial charge >= 0.3 is 0 Å². The molecular formula is C22H25N3O3. The molecule has 0 aliphatic rings. The molecule has 0 bridgehead atoms. The van der Waals surface area contributed by atoms with Gasteiger partial charge in [-0.25, -0.2) is 0 Å². The van der Waals surface area contributed by atoms with Crippen LogP contribution in [0.15, 0.2) is 54.7 Å². The van der Waals surface area contributed by atoms with E-state index >= 15 is 0 Å². The Balaban J connectivity index is 1.64. The van der Waals surface area contributed by atoms with Crippen LogP contribution in [0.25, 0.3) is 0 Å². The Hall–Kier alpha value is -3.28. The van der Waals surface area contributed by atoms with Crippen molar-refractivity contribution in [2.75, 3.05) is 12.4 Å². The summed E-state index contributed by atoms with van der Waals surface area (Å²) in [6, 6.07) is 15.5. The van der Waals surface area contributed by atoms with Gasteiger partial charge in [-0.1, -0.05) is 36.4 Å². The van der Waals surface area contributed by atoms with Gasteiger partial charge in [-0.15, -0.1) is 0 Å². The molecule has 28 heavy (non-hydrogen) atoms. The molecule has 0 unspecified atom stereocenters. The first-order chi connectivity index (χ1) is 13.6. The van der Waals surface area contributed by atoms with E-state index < -0.39 is 0 Å². The number of hydrogen-bond donors (Lipinski definition) is 1. The molecule has 0 aliphatic heterocycles. The van der Waals surface area contributed by atoms with E-state index in [0.717, 1.165) is 29.1 Å². The second-order valence-electron chi connectivity index (χ2n) is 6.46. The summed E-state index contributed by atoms with van der Waals surface area (Å²) in [5.74, 6) is 1.21. The van der Waals surface area contributed by atoms with Gasteiger partial charge in [0.15, 0.2) is 0 Å². The highest BCUT2D eigenvalue weighted by atomic mass is 16.5. The van der Waals surface area contributed by atoms with Crippen LogP contribution in [0, 0.1) is 6.92 Å². The molecule has 2 aromatic carbocycles. The Labute approximate surface area is 165 Å². The number of anilines is 1. The lowest BCUT2D eigenvalue weighted by molar-refractivity contribution is -0.115. The van der Waals surface area contributed by atoms with Gasteiger partial charge in [0, 0.05) is 24.4 Å². The Morgan fingerprint density at radius 3 is 2.64 bits per heavy atom. The van der Waals surface area contributed by atoms with Gasteiger partial charge < -0.3 is 14.8 Å². The number of carbonyl (C=O) groups excluding carboxylic acids is 1. The molecule has 146 valence electrons. The van der Waals surface area contributed by atoms with Gasteiger partial charge in [0.2, 0.25) is 5.91 Å². The van der Waals surface area contributed by atoms with Crippen molar-refractivity contribution in [1.82, 2.24) is 9.78 Å². The van der Waals surface area contributed by atoms with Gasteiger partial charge in [-0.2, -0.15) is 5.10 Å². The number of nitrogens with zero attached hydrogens (tertiary/aromatic N) is 2. The molecule has 3 aromatic rings. The first kappa shape index (κ1) is 19.5. The summed E-state index contributed by atoms with van der Waals surface area (Å²) in [6.07, 6.45) is 2.05. The van der Waals surface area contributed by atoms with E-state index in [1.54, 1.807) is 11.8 Å². The Morgan fingerprint density at radius 1 is 1.18 bits per heavy atom. The van der Waals surface area contributed by atoms with Gasteiger partial charge in [0.25, 0.3) is 0 Å². The van der Waals surface area contributed by atoms with E-state index in [9.17, 15) is 4.79 Å². The standard InChI is InChI=1S/C22H25N3O3/c1-4-25-14-20(16(2)24-25)23-22(26)12-18-10-11-19(13-21(18)27-3)28-15-17-8-6-5-7-9-17/h5-11,13-14H,4,12,15H2,1-3H3,(H,23,26). The highest BCUT2D eigenvalue weighted by molar-refractivity contribution is 5.93. The molecule has 0 saturated carbocycles. The number of ether oxygens (including phenoxy) is 2. The average Bonchev–Trinajstić information content (AvgIpc) is 3.07. The summed E-state index contributed by atoms with van der Waals surface area (Å²) in [5, 5.41) is 7.26. The van der Waals surface area contributed by atoms with Crippen molar-refractivity contribution in [2.45, 2.75) is 33.4 Å². The summed E-state index contributed by atoms with van der Waals surface area (Å²) in [6.45, 7) is 5.12. The van der Waals surface area contributed by atoms with Crippen LogP contribution in [0.4, 0.5) is 5.69 Å². The normalized spacial score (nSPS) is 10.5. The van der Waals surface area contributed by atoms with Crippen molar-refractivity contribution in [1.29, 1.82) is 0 Å². The second kappa shape index (κ2) is 9.08. The van der Waals surface area contributed by atoms with E-state index in [-0.39, 0.29) is 12.3 Å². The van der Waals surface area contributed by atoms with Crippen LogP contribution < -0.4 is 14.8 Å². The topological polar surface area (TPSA) is 65.4 Å². The predicted octanol–water partition coefficient (Wildman–Crippen LogP) is 3.98. The minimum Gasteiger partial charge on any atom is -0.496 e. The minimum absolute atomic E-state index is 0.116. The number of aryl methyl sites for hydroxylation is 2. The van der Waals surface area contributed by atoms with Gasteiger partial charge in [0.1, 0.15) is 18.1 Å². The van der Waals surface area contributed by atoms with E-state index in [4.69, 9.17) is 9.47 Å². The third-order valence-electron chi connectivity index (χ3n) is 4.40. The van der Waals surface area contributed by atoms with Gasteiger partial charge in [-0.3, -0.25) is 9.48 Å². The zero-order valence-corrected chi connectivity index (χ0v) is 16.4. The quantitative estimate of drug-likeness (QED) is 0.643. The molecular weight excluding hydrogens is 354 g/mol. The number of nitrogens with one attached hydrogen (secondary N) is 1. The lowest BCUT2D eigenvalue weighted by Gasteiger charge is -2.12. The molecule has 3 rings (SSSR count). The minimum atomic E-state index is -0.116. The SMILES string of the molecule is CCn1cc(NC(=O)Cc2ccc(OCc3ccccc3)cc2OC)c(C)n1. The summed E-state index contributed by atoms with van der Waals surface area (Å²) in [4.78, 5) is 12.5.